The van der Waals surface area contributed by atoms with Crippen molar-refractivity contribution < 1.29 is 9.53 Å². The van der Waals surface area contributed by atoms with Gasteiger partial charge in [-0.15, -0.1) is 0 Å². The van der Waals surface area contributed by atoms with Crippen LogP contribution in [0.5, 0.6) is 0 Å². The molecule has 1 rings (SSSR count). The summed E-state index contributed by atoms with van der Waals surface area (Å²) in [6, 6.07) is 1.48. The molecule has 0 saturated heterocycles. The number of nitrogens with zero attached hydrogens (tertiary/aromatic N) is 1. The molecule has 96 valence electrons. The number of anilines is 1. The van der Waals surface area contributed by atoms with Crippen molar-refractivity contribution in [2.45, 2.75) is 45.4 Å². The van der Waals surface area contributed by atoms with Gasteiger partial charge in [0.25, 0.3) is 0 Å². The van der Waals surface area contributed by atoms with Crippen molar-refractivity contribution in [3.8, 4) is 0 Å². The van der Waals surface area contributed by atoms with Gasteiger partial charge in [-0.25, -0.2) is 4.79 Å². The van der Waals surface area contributed by atoms with Gasteiger partial charge in [0.05, 0.1) is 6.61 Å². The number of nitrogen functional groups attached to an aromatic ring is 1. The molecule has 0 saturated carbocycles. The molecule has 5 nitrogen and oxygen atoms in total. The monoisotopic (exact) mass is 239 g/mol. The predicted molar refractivity (Wildman–Crippen MR) is 66.7 cm³/mol. The van der Waals surface area contributed by atoms with E-state index in [4.69, 9.17) is 10.5 Å². The first-order valence-corrected chi connectivity index (χ1v) is 6.22. The van der Waals surface area contributed by atoms with Crippen molar-refractivity contribution in [1.29, 1.82) is 0 Å². The average Bonchev–Trinajstić information content (AvgIpc) is 2.74. The minimum absolute atomic E-state index is 0.302. The van der Waals surface area contributed by atoms with Crippen LogP contribution in [0.1, 0.15) is 55.9 Å². The van der Waals surface area contributed by atoms with Gasteiger partial charge in [-0.2, -0.15) is 5.10 Å². The summed E-state index contributed by atoms with van der Waals surface area (Å²) in [7, 11) is 0. The molecule has 0 aliphatic rings. The number of H-pyrrole nitrogens is 1. The smallest absolute Gasteiger partial charge is 0.356 e. The molecule has 0 unspecified atom stereocenters. The number of esters is 1. The van der Waals surface area contributed by atoms with E-state index in [1.54, 1.807) is 0 Å². The highest BCUT2D eigenvalue weighted by atomic mass is 16.5. The maximum absolute atomic E-state index is 11.4. The summed E-state index contributed by atoms with van der Waals surface area (Å²) in [5, 5.41) is 6.19. The van der Waals surface area contributed by atoms with E-state index in [0.29, 0.717) is 18.1 Å². The average molecular weight is 239 g/mol. The minimum Gasteiger partial charge on any atom is -0.461 e. The molecule has 1 heterocycles. The number of hydrogen-bond donors (Lipinski definition) is 2. The highest BCUT2D eigenvalue weighted by molar-refractivity contribution is 5.87. The minimum atomic E-state index is -0.386. The van der Waals surface area contributed by atoms with Crippen LogP contribution in [0.15, 0.2) is 6.07 Å². The van der Waals surface area contributed by atoms with Crippen LogP contribution in [-0.2, 0) is 4.74 Å². The summed E-state index contributed by atoms with van der Waals surface area (Å²) < 4.78 is 5.08. The first-order chi connectivity index (χ1) is 8.24. The van der Waals surface area contributed by atoms with E-state index in [1.807, 2.05) is 0 Å². The van der Waals surface area contributed by atoms with Gasteiger partial charge in [-0.05, 0) is 6.42 Å². The van der Waals surface area contributed by atoms with Gasteiger partial charge >= 0.3 is 5.97 Å². The zero-order chi connectivity index (χ0) is 12.5. The van der Waals surface area contributed by atoms with Gasteiger partial charge in [0.2, 0.25) is 0 Å². The molecule has 0 fully saturated rings. The second-order valence-electron chi connectivity index (χ2n) is 4.11. The number of unbranched alkanes of at least 4 members (excludes halogenated alkanes) is 5. The number of aromatic amines is 1. The number of hydrogen-bond acceptors (Lipinski definition) is 4. The van der Waals surface area contributed by atoms with Crippen LogP contribution < -0.4 is 5.73 Å². The predicted octanol–water partition coefficient (Wildman–Crippen LogP) is 2.51. The Hall–Kier alpha value is -1.52. The van der Waals surface area contributed by atoms with Crippen molar-refractivity contribution >= 4 is 11.8 Å². The Morgan fingerprint density at radius 1 is 1.35 bits per heavy atom. The van der Waals surface area contributed by atoms with E-state index in [-0.39, 0.29) is 5.97 Å². The Bertz CT molecular complexity index is 336. The van der Waals surface area contributed by atoms with Gasteiger partial charge in [0, 0.05) is 6.07 Å². The van der Waals surface area contributed by atoms with Crippen molar-refractivity contribution in [1.82, 2.24) is 10.2 Å². The van der Waals surface area contributed by atoms with E-state index >= 15 is 0 Å². The Labute approximate surface area is 102 Å². The first kappa shape index (κ1) is 13.5. The lowest BCUT2D eigenvalue weighted by molar-refractivity contribution is 0.0490. The number of carbonyl (C=O) groups excluding carboxylic acids is 1. The van der Waals surface area contributed by atoms with Crippen molar-refractivity contribution in [3.05, 3.63) is 11.8 Å². The standard InChI is InChI=1S/C12H21N3O2/c1-2-3-4-5-6-7-8-17-12(16)10-9-11(13)15-14-10/h9H,2-8H2,1H3,(H3,13,14,15). The number of nitrogens with one attached hydrogen (secondary N) is 1. The second-order valence-corrected chi connectivity index (χ2v) is 4.11. The Balaban J connectivity index is 2.05. The van der Waals surface area contributed by atoms with Gasteiger partial charge < -0.3 is 10.5 Å². The van der Waals surface area contributed by atoms with Gasteiger partial charge in [-0.1, -0.05) is 39.0 Å². The molecule has 0 radical (unpaired) electrons. The second kappa shape index (κ2) is 7.70. The van der Waals surface area contributed by atoms with Gasteiger partial charge in [-0.3, -0.25) is 5.10 Å². The molecule has 0 amide bonds. The summed E-state index contributed by atoms with van der Waals surface area (Å²) in [4.78, 5) is 11.4. The van der Waals surface area contributed by atoms with E-state index in [9.17, 15) is 4.79 Å². The van der Waals surface area contributed by atoms with Crippen molar-refractivity contribution in [2.75, 3.05) is 12.3 Å². The lowest BCUT2D eigenvalue weighted by Gasteiger charge is -2.02. The fourth-order valence-corrected chi connectivity index (χ4v) is 1.57. The SMILES string of the molecule is CCCCCCCCOC(=O)c1cc(N)n[nH]1. The molecule has 5 heteroatoms. The lowest BCUT2D eigenvalue weighted by Crippen LogP contribution is -2.06. The summed E-state index contributed by atoms with van der Waals surface area (Å²) >= 11 is 0. The zero-order valence-corrected chi connectivity index (χ0v) is 10.4. The molecule has 0 aliphatic carbocycles. The molecule has 0 spiro atoms. The number of carbonyl (C=O) groups is 1. The Morgan fingerprint density at radius 3 is 2.71 bits per heavy atom. The van der Waals surface area contributed by atoms with Crippen LogP contribution >= 0.6 is 0 Å². The largest absolute Gasteiger partial charge is 0.461 e. The highest BCUT2D eigenvalue weighted by Gasteiger charge is 2.09. The molecular formula is C12H21N3O2. The van der Waals surface area contributed by atoms with Crippen LogP contribution in [0.2, 0.25) is 0 Å². The lowest BCUT2D eigenvalue weighted by atomic mass is 10.1. The summed E-state index contributed by atoms with van der Waals surface area (Å²) in [6.07, 6.45) is 7.03. The number of aromatic nitrogens is 2. The van der Waals surface area contributed by atoms with E-state index in [0.717, 1.165) is 12.8 Å². The van der Waals surface area contributed by atoms with Crippen molar-refractivity contribution in [3.63, 3.8) is 0 Å². The normalized spacial score (nSPS) is 10.4. The van der Waals surface area contributed by atoms with E-state index in [1.165, 1.54) is 31.7 Å². The number of nitrogens with two attached hydrogens (primary N) is 1. The quantitative estimate of drug-likeness (QED) is 0.539. The summed E-state index contributed by atoms with van der Waals surface area (Å²) in [5.74, 6) is -0.0840. The van der Waals surface area contributed by atoms with Crippen LogP contribution in [0.25, 0.3) is 0 Å². The van der Waals surface area contributed by atoms with Crippen LogP contribution in [-0.4, -0.2) is 22.8 Å². The third kappa shape index (κ3) is 5.38. The maximum atomic E-state index is 11.4. The molecule has 0 aromatic carbocycles. The first-order valence-electron chi connectivity index (χ1n) is 6.22. The third-order valence-electron chi connectivity index (χ3n) is 2.55. The number of ether oxygens (including phenoxy) is 1. The summed E-state index contributed by atoms with van der Waals surface area (Å²) in [6.45, 7) is 2.65. The fourth-order valence-electron chi connectivity index (χ4n) is 1.57. The van der Waals surface area contributed by atoms with Gasteiger partial charge in [0.15, 0.2) is 0 Å². The molecule has 0 aliphatic heterocycles. The van der Waals surface area contributed by atoms with Crippen LogP contribution in [0.3, 0.4) is 0 Å². The molecule has 0 bridgehead atoms. The van der Waals surface area contributed by atoms with E-state index in [2.05, 4.69) is 17.1 Å². The van der Waals surface area contributed by atoms with Gasteiger partial charge in [0.1, 0.15) is 11.5 Å². The van der Waals surface area contributed by atoms with Crippen LogP contribution in [0, 0.1) is 0 Å². The maximum Gasteiger partial charge on any atom is 0.356 e. The highest BCUT2D eigenvalue weighted by Crippen LogP contribution is 2.06. The molecule has 1 aromatic heterocycles. The van der Waals surface area contributed by atoms with Crippen LogP contribution in [0.4, 0.5) is 5.82 Å². The summed E-state index contributed by atoms with van der Waals surface area (Å²) in [5.41, 5.74) is 5.70. The Morgan fingerprint density at radius 2 is 2.06 bits per heavy atom. The zero-order valence-electron chi connectivity index (χ0n) is 10.4. The molecule has 1 aromatic rings. The number of rotatable bonds is 8. The molecule has 0 atom stereocenters. The molecule has 17 heavy (non-hydrogen) atoms. The fraction of sp³-hybridized carbons (Fsp3) is 0.667. The molecule has 3 N–H and O–H groups in total. The topological polar surface area (TPSA) is 81.0 Å². The van der Waals surface area contributed by atoms with Crippen molar-refractivity contribution in [2.24, 2.45) is 0 Å². The van der Waals surface area contributed by atoms with E-state index < -0.39 is 0 Å². The third-order valence-corrected chi connectivity index (χ3v) is 2.55. The molecular weight excluding hydrogens is 218 g/mol. The Kier molecular flexibility index (Phi) is 6.14.